The molecule has 0 saturated heterocycles. The van der Waals surface area contributed by atoms with Crippen molar-refractivity contribution in [2.24, 2.45) is 0 Å². The van der Waals surface area contributed by atoms with Gasteiger partial charge in [0.2, 0.25) is 0 Å². The van der Waals surface area contributed by atoms with Crippen LogP contribution in [-0.4, -0.2) is 0 Å². The predicted molar refractivity (Wildman–Crippen MR) is 87.9 cm³/mol. The summed E-state index contributed by atoms with van der Waals surface area (Å²) in [6, 6.07) is 7.88. The highest BCUT2D eigenvalue weighted by atomic mass is 79.9. The molecule has 2 aromatic rings. The fourth-order valence-electron chi connectivity index (χ4n) is 1.83. The average molecular weight is 470 g/mol. The van der Waals surface area contributed by atoms with Gasteiger partial charge in [-0.1, -0.05) is 53.9 Å². The molecule has 106 valence electrons. The van der Waals surface area contributed by atoms with Gasteiger partial charge >= 0.3 is 0 Å². The third kappa shape index (κ3) is 3.59. The van der Waals surface area contributed by atoms with E-state index < -0.39 is 11.6 Å². The van der Waals surface area contributed by atoms with Crippen molar-refractivity contribution in [1.29, 1.82) is 0 Å². The van der Waals surface area contributed by atoms with Crippen molar-refractivity contribution in [3.63, 3.8) is 0 Å². The Bertz CT molecular complexity index is 623. The van der Waals surface area contributed by atoms with Crippen molar-refractivity contribution in [3.8, 4) is 0 Å². The van der Waals surface area contributed by atoms with E-state index in [0.29, 0.717) is 4.47 Å². The molecule has 0 spiro atoms. The molecule has 20 heavy (non-hydrogen) atoms. The zero-order valence-corrected chi connectivity index (χ0v) is 15.1. The Kier molecular flexibility index (Phi) is 5.20. The van der Waals surface area contributed by atoms with Crippen LogP contribution in [0.15, 0.2) is 43.7 Å². The summed E-state index contributed by atoms with van der Waals surface area (Å²) in [6.07, 6.45) is 0. The van der Waals surface area contributed by atoms with Gasteiger partial charge in [0.05, 0.1) is 0 Å². The van der Waals surface area contributed by atoms with Crippen LogP contribution >= 0.6 is 47.8 Å². The summed E-state index contributed by atoms with van der Waals surface area (Å²) in [5, 5.41) is 2.87. The number of hydrogen-bond donors (Lipinski definition) is 1. The Morgan fingerprint density at radius 2 is 1.55 bits per heavy atom. The lowest BCUT2D eigenvalue weighted by atomic mass is 10.1. The summed E-state index contributed by atoms with van der Waals surface area (Å²) in [5.74, 6) is -1.26. The van der Waals surface area contributed by atoms with Crippen LogP contribution in [-0.2, 0) is 0 Å². The SMILES string of the molecule is CC(Nc1c(F)cc(Br)cc1F)c1ccc(Br)cc1Br. The van der Waals surface area contributed by atoms with E-state index in [9.17, 15) is 8.78 Å². The molecule has 0 fully saturated rings. The van der Waals surface area contributed by atoms with Crippen LogP contribution in [0.4, 0.5) is 14.5 Å². The van der Waals surface area contributed by atoms with Crippen LogP contribution in [0.3, 0.4) is 0 Å². The first-order valence-electron chi connectivity index (χ1n) is 5.74. The lowest BCUT2D eigenvalue weighted by molar-refractivity contribution is 0.583. The van der Waals surface area contributed by atoms with E-state index in [1.165, 1.54) is 12.1 Å². The lowest BCUT2D eigenvalue weighted by Crippen LogP contribution is -2.10. The summed E-state index contributed by atoms with van der Waals surface area (Å²) in [6.45, 7) is 1.84. The molecular weight excluding hydrogens is 460 g/mol. The Hall–Kier alpha value is -0.460. The molecule has 0 aliphatic carbocycles. The third-order valence-corrected chi connectivity index (χ3v) is 4.43. The Morgan fingerprint density at radius 3 is 2.10 bits per heavy atom. The highest BCUT2D eigenvalue weighted by molar-refractivity contribution is 9.11. The molecule has 2 rings (SSSR count). The number of rotatable bonds is 3. The zero-order valence-electron chi connectivity index (χ0n) is 10.4. The van der Waals surface area contributed by atoms with Crippen molar-refractivity contribution in [1.82, 2.24) is 0 Å². The van der Waals surface area contributed by atoms with Crippen molar-refractivity contribution in [3.05, 3.63) is 60.9 Å². The van der Waals surface area contributed by atoms with Crippen LogP contribution in [0, 0.1) is 11.6 Å². The van der Waals surface area contributed by atoms with Crippen molar-refractivity contribution in [2.75, 3.05) is 5.32 Å². The average Bonchev–Trinajstić information content (AvgIpc) is 2.33. The maximum Gasteiger partial charge on any atom is 0.150 e. The molecule has 0 bridgehead atoms. The van der Waals surface area contributed by atoms with E-state index >= 15 is 0 Å². The molecule has 1 unspecified atom stereocenters. The second-order valence-corrected chi connectivity index (χ2v) is 6.96. The van der Waals surface area contributed by atoms with Gasteiger partial charge in [-0.2, -0.15) is 0 Å². The quantitative estimate of drug-likeness (QED) is 0.546. The van der Waals surface area contributed by atoms with E-state index in [1.54, 1.807) is 0 Å². The second-order valence-electron chi connectivity index (χ2n) is 4.28. The van der Waals surface area contributed by atoms with Crippen LogP contribution in [0.25, 0.3) is 0 Å². The summed E-state index contributed by atoms with van der Waals surface area (Å²) >= 11 is 9.87. The van der Waals surface area contributed by atoms with Crippen LogP contribution in [0.1, 0.15) is 18.5 Å². The minimum atomic E-state index is -0.628. The first-order chi connectivity index (χ1) is 9.38. The van der Waals surface area contributed by atoms with Crippen molar-refractivity contribution in [2.45, 2.75) is 13.0 Å². The minimum absolute atomic E-state index is 0.129. The summed E-state index contributed by atoms with van der Waals surface area (Å²) in [7, 11) is 0. The highest BCUT2D eigenvalue weighted by Crippen LogP contribution is 2.31. The van der Waals surface area contributed by atoms with Gasteiger partial charge in [0.1, 0.15) is 17.3 Å². The maximum atomic E-state index is 13.8. The van der Waals surface area contributed by atoms with Crippen molar-refractivity contribution < 1.29 is 8.78 Å². The highest BCUT2D eigenvalue weighted by Gasteiger charge is 2.15. The molecular formula is C14H10Br3F2N. The molecule has 0 amide bonds. The molecule has 0 aromatic heterocycles. The second kappa shape index (κ2) is 6.54. The van der Waals surface area contributed by atoms with E-state index in [2.05, 4.69) is 53.1 Å². The summed E-state index contributed by atoms with van der Waals surface area (Å²) in [4.78, 5) is 0. The molecule has 1 nitrogen and oxygen atoms in total. The largest absolute Gasteiger partial charge is 0.374 e. The molecule has 0 aliphatic rings. The Balaban J connectivity index is 2.30. The lowest BCUT2D eigenvalue weighted by Gasteiger charge is -2.18. The summed E-state index contributed by atoms with van der Waals surface area (Å²) < 4.78 is 29.8. The molecule has 0 heterocycles. The monoisotopic (exact) mass is 467 g/mol. The molecule has 1 atom stereocenters. The predicted octanol–water partition coefficient (Wildman–Crippen LogP) is 6.43. The number of benzene rings is 2. The Labute approximate surface area is 141 Å². The van der Waals surface area contributed by atoms with Crippen LogP contribution in [0.5, 0.6) is 0 Å². The number of anilines is 1. The van der Waals surface area contributed by atoms with Crippen LogP contribution in [0.2, 0.25) is 0 Å². The fraction of sp³-hybridized carbons (Fsp3) is 0.143. The van der Waals surface area contributed by atoms with Gasteiger partial charge in [-0.05, 0) is 36.8 Å². The van der Waals surface area contributed by atoms with Gasteiger partial charge in [0, 0.05) is 19.5 Å². The minimum Gasteiger partial charge on any atom is -0.374 e. The molecule has 6 heteroatoms. The number of hydrogen-bond acceptors (Lipinski definition) is 1. The Morgan fingerprint density at radius 1 is 0.950 bits per heavy atom. The van der Waals surface area contributed by atoms with E-state index in [4.69, 9.17) is 0 Å². The normalized spacial score (nSPS) is 12.3. The first-order valence-corrected chi connectivity index (χ1v) is 8.12. The number of halogens is 5. The van der Waals surface area contributed by atoms with E-state index in [1.807, 2.05) is 25.1 Å². The standard InChI is InChI=1S/C14H10Br3F2N/c1-7(10-3-2-8(15)4-11(10)17)20-14-12(18)5-9(16)6-13(14)19/h2-7,20H,1H3. The molecule has 1 N–H and O–H groups in total. The van der Waals surface area contributed by atoms with Gasteiger partial charge in [0.25, 0.3) is 0 Å². The zero-order chi connectivity index (χ0) is 14.9. The smallest absolute Gasteiger partial charge is 0.150 e. The summed E-state index contributed by atoms with van der Waals surface area (Å²) in [5.41, 5.74) is 0.783. The molecule has 0 aliphatic heterocycles. The third-order valence-electron chi connectivity index (χ3n) is 2.80. The topological polar surface area (TPSA) is 12.0 Å². The molecule has 0 saturated carbocycles. The van der Waals surface area contributed by atoms with Gasteiger partial charge in [-0.15, -0.1) is 0 Å². The van der Waals surface area contributed by atoms with E-state index in [0.717, 1.165) is 14.5 Å². The van der Waals surface area contributed by atoms with Gasteiger partial charge in [-0.3, -0.25) is 0 Å². The van der Waals surface area contributed by atoms with Gasteiger partial charge in [0.15, 0.2) is 0 Å². The number of nitrogens with one attached hydrogen (secondary N) is 1. The van der Waals surface area contributed by atoms with Crippen LogP contribution < -0.4 is 5.32 Å². The maximum absolute atomic E-state index is 13.8. The first kappa shape index (κ1) is 15.9. The van der Waals surface area contributed by atoms with Gasteiger partial charge < -0.3 is 5.32 Å². The molecule has 2 aromatic carbocycles. The van der Waals surface area contributed by atoms with E-state index in [-0.39, 0.29) is 11.7 Å². The van der Waals surface area contributed by atoms with Crippen molar-refractivity contribution >= 4 is 53.5 Å². The molecule has 0 radical (unpaired) electrons. The fourth-order valence-corrected chi connectivity index (χ4v) is 3.62. The van der Waals surface area contributed by atoms with Gasteiger partial charge in [-0.25, -0.2) is 8.78 Å².